The van der Waals surface area contributed by atoms with Crippen LogP contribution >= 0.6 is 0 Å². The smallest absolute Gasteiger partial charge is 0.314 e. The number of unbranched alkanes of at least 4 members (excludes halogenated alkanes) is 1. The van der Waals surface area contributed by atoms with Gasteiger partial charge in [0.2, 0.25) is 0 Å². The molecule has 5 nitrogen and oxygen atoms in total. The Morgan fingerprint density at radius 3 is 2.38 bits per heavy atom. The number of hydrogen-bond donors (Lipinski definition) is 1. The summed E-state index contributed by atoms with van der Waals surface area (Å²) in [5, 5.41) is 10.1. The van der Waals surface area contributed by atoms with Crippen molar-refractivity contribution in [1.82, 2.24) is 0 Å². The minimum Gasteiger partial charge on any atom is -0.493 e. The molecule has 0 heterocycles. The number of carbonyl (C=O) groups is 1. The maximum Gasteiger partial charge on any atom is 0.314 e. The molecule has 5 heteroatoms. The average molecular weight is 338 g/mol. The van der Waals surface area contributed by atoms with Crippen LogP contribution in [-0.4, -0.2) is 31.4 Å². The van der Waals surface area contributed by atoms with Crippen molar-refractivity contribution in [3.63, 3.8) is 0 Å². The summed E-state index contributed by atoms with van der Waals surface area (Å²) >= 11 is 0. The van der Waals surface area contributed by atoms with Crippen LogP contribution in [0, 0.1) is 5.92 Å². The van der Waals surface area contributed by atoms with Crippen LogP contribution in [0.2, 0.25) is 0 Å². The van der Waals surface area contributed by atoms with Gasteiger partial charge in [-0.15, -0.1) is 0 Å². The molecule has 0 amide bonds. The zero-order valence-electron chi connectivity index (χ0n) is 15.2. The van der Waals surface area contributed by atoms with Gasteiger partial charge in [0.15, 0.2) is 11.5 Å². The second-order valence-corrected chi connectivity index (χ2v) is 5.96. The number of hydrogen-bond acceptors (Lipinski definition) is 5. The Kier molecular flexibility index (Phi) is 9.23. The Morgan fingerprint density at radius 2 is 1.79 bits per heavy atom. The van der Waals surface area contributed by atoms with Crippen molar-refractivity contribution in [3.05, 3.63) is 18.2 Å². The minimum absolute atomic E-state index is 0.296. The molecule has 1 rings (SSSR count). The number of carbonyl (C=O) groups excluding carboxylic acids is 1. The fraction of sp³-hybridized carbons (Fsp3) is 0.632. The fourth-order valence-corrected chi connectivity index (χ4v) is 2.65. The Morgan fingerprint density at radius 1 is 1.08 bits per heavy atom. The molecule has 0 saturated carbocycles. The molecular weight excluding hydrogens is 308 g/mol. The Balaban J connectivity index is 2.73. The molecule has 136 valence electrons. The quantitative estimate of drug-likeness (QED) is 0.488. The van der Waals surface area contributed by atoms with Gasteiger partial charge < -0.3 is 19.3 Å². The molecule has 0 aromatic heterocycles. The molecule has 1 aromatic carbocycles. The van der Waals surface area contributed by atoms with Crippen LogP contribution in [-0.2, 0) is 4.79 Å². The van der Waals surface area contributed by atoms with E-state index < -0.39 is 6.10 Å². The van der Waals surface area contributed by atoms with Crippen molar-refractivity contribution in [1.29, 1.82) is 0 Å². The molecule has 0 aliphatic carbocycles. The first-order valence-electron chi connectivity index (χ1n) is 8.67. The minimum atomic E-state index is -0.459. The van der Waals surface area contributed by atoms with Crippen molar-refractivity contribution >= 4 is 5.97 Å². The fourth-order valence-electron chi connectivity index (χ4n) is 2.65. The van der Waals surface area contributed by atoms with Gasteiger partial charge in [-0.1, -0.05) is 33.1 Å². The van der Waals surface area contributed by atoms with E-state index in [2.05, 4.69) is 6.92 Å². The highest BCUT2D eigenvalue weighted by molar-refractivity contribution is 5.75. The summed E-state index contributed by atoms with van der Waals surface area (Å²) in [5.41, 5.74) is 0. The van der Waals surface area contributed by atoms with Gasteiger partial charge >= 0.3 is 5.97 Å². The molecule has 0 fully saturated rings. The molecule has 1 N–H and O–H groups in total. The average Bonchev–Trinajstić information content (AvgIpc) is 2.59. The lowest BCUT2D eigenvalue weighted by Gasteiger charge is -2.19. The van der Waals surface area contributed by atoms with Gasteiger partial charge in [-0.2, -0.15) is 0 Å². The van der Waals surface area contributed by atoms with E-state index in [1.807, 2.05) is 6.92 Å². The first kappa shape index (κ1) is 20.3. The number of aliphatic hydroxyl groups excluding tert-OH is 1. The molecule has 0 bridgehead atoms. The lowest BCUT2D eigenvalue weighted by atomic mass is 9.94. The second-order valence-electron chi connectivity index (χ2n) is 5.96. The number of rotatable bonds is 11. The summed E-state index contributed by atoms with van der Waals surface area (Å²) in [5.74, 6) is 0.909. The number of esters is 1. The van der Waals surface area contributed by atoms with E-state index in [-0.39, 0.29) is 11.9 Å². The predicted molar refractivity (Wildman–Crippen MR) is 93.7 cm³/mol. The number of benzene rings is 1. The van der Waals surface area contributed by atoms with E-state index in [9.17, 15) is 9.90 Å². The van der Waals surface area contributed by atoms with Crippen molar-refractivity contribution in [3.8, 4) is 17.2 Å². The van der Waals surface area contributed by atoms with Gasteiger partial charge in [-0.25, -0.2) is 0 Å². The Bertz CT molecular complexity index is 501. The lowest BCUT2D eigenvalue weighted by molar-refractivity contribution is -0.140. The summed E-state index contributed by atoms with van der Waals surface area (Å²) < 4.78 is 15.9. The molecule has 0 radical (unpaired) electrons. The zero-order valence-corrected chi connectivity index (χ0v) is 15.2. The molecule has 24 heavy (non-hydrogen) atoms. The summed E-state index contributed by atoms with van der Waals surface area (Å²) in [6.07, 6.45) is 4.28. The highest BCUT2D eigenvalue weighted by atomic mass is 16.5. The number of ether oxygens (including phenoxy) is 3. The van der Waals surface area contributed by atoms with Crippen LogP contribution in [0.3, 0.4) is 0 Å². The standard InChI is InChI=1S/C19H30O5/c1-5-7-9-15(20)12-14(8-6-2)19(21)24-16-10-11-17(22-3)18(13-16)23-4/h10-11,13-15,20H,5-9,12H2,1-4H3. The summed E-state index contributed by atoms with van der Waals surface area (Å²) in [4.78, 5) is 12.5. The monoisotopic (exact) mass is 338 g/mol. The van der Waals surface area contributed by atoms with Gasteiger partial charge in [0, 0.05) is 6.07 Å². The van der Waals surface area contributed by atoms with Crippen molar-refractivity contribution in [2.75, 3.05) is 14.2 Å². The van der Waals surface area contributed by atoms with Crippen molar-refractivity contribution in [2.45, 2.75) is 58.5 Å². The third kappa shape index (κ3) is 6.40. The van der Waals surface area contributed by atoms with Gasteiger partial charge in [-0.05, 0) is 31.4 Å². The molecule has 2 unspecified atom stereocenters. The van der Waals surface area contributed by atoms with E-state index in [0.717, 1.165) is 25.7 Å². The Labute approximate surface area is 144 Å². The Hall–Kier alpha value is -1.75. The normalized spacial score (nSPS) is 13.2. The van der Waals surface area contributed by atoms with Crippen LogP contribution in [0.1, 0.15) is 52.4 Å². The van der Waals surface area contributed by atoms with Crippen molar-refractivity contribution < 1.29 is 24.1 Å². The van der Waals surface area contributed by atoms with Crippen LogP contribution in [0.15, 0.2) is 18.2 Å². The first-order valence-corrected chi connectivity index (χ1v) is 8.67. The highest BCUT2D eigenvalue weighted by Crippen LogP contribution is 2.31. The number of methoxy groups -OCH3 is 2. The largest absolute Gasteiger partial charge is 0.493 e. The summed E-state index contributed by atoms with van der Waals surface area (Å²) in [6, 6.07) is 5.01. The van der Waals surface area contributed by atoms with Crippen LogP contribution in [0.5, 0.6) is 17.2 Å². The summed E-state index contributed by atoms with van der Waals surface area (Å²) in [6.45, 7) is 4.11. The van der Waals surface area contributed by atoms with Crippen molar-refractivity contribution in [2.24, 2.45) is 5.92 Å². The molecular formula is C19H30O5. The van der Waals surface area contributed by atoms with Crippen LogP contribution in [0.4, 0.5) is 0 Å². The van der Waals surface area contributed by atoms with Gasteiger partial charge in [0.1, 0.15) is 5.75 Å². The lowest BCUT2D eigenvalue weighted by Crippen LogP contribution is -2.25. The zero-order chi connectivity index (χ0) is 17.9. The molecule has 2 atom stereocenters. The highest BCUT2D eigenvalue weighted by Gasteiger charge is 2.23. The van der Waals surface area contributed by atoms with Crippen LogP contribution in [0.25, 0.3) is 0 Å². The second kappa shape index (κ2) is 10.9. The number of aliphatic hydroxyl groups is 1. The third-order valence-corrected chi connectivity index (χ3v) is 3.99. The van der Waals surface area contributed by atoms with E-state index in [0.29, 0.717) is 30.1 Å². The molecule has 0 spiro atoms. The predicted octanol–water partition coefficient (Wildman–Crippen LogP) is 3.97. The van der Waals surface area contributed by atoms with E-state index >= 15 is 0 Å². The SMILES string of the molecule is CCCCC(O)CC(CCC)C(=O)Oc1ccc(OC)c(OC)c1. The van der Waals surface area contributed by atoms with Crippen LogP contribution < -0.4 is 14.2 Å². The first-order chi connectivity index (χ1) is 11.5. The van der Waals surface area contributed by atoms with E-state index in [1.165, 1.54) is 7.11 Å². The maximum atomic E-state index is 12.5. The van der Waals surface area contributed by atoms with Gasteiger partial charge in [-0.3, -0.25) is 4.79 Å². The third-order valence-electron chi connectivity index (χ3n) is 3.99. The molecule has 0 aliphatic heterocycles. The molecule has 1 aromatic rings. The molecule has 0 aliphatic rings. The molecule has 0 saturated heterocycles. The van der Waals surface area contributed by atoms with E-state index in [1.54, 1.807) is 25.3 Å². The van der Waals surface area contributed by atoms with Gasteiger partial charge in [0.05, 0.1) is 26.2 Å². The van der Waals surface area contributed by atoms with Gasteiger partial charge in [0.25, 0.3) is 0 Å². The maximum absolute atomic E-state index is 12.5. The summed E-state index contributed by atoms with van der Waals surface area (Å²) in [7, 11) is 3.09. The topological polar surface area (TPSA) is 65.0 Å². The van der Waals surface area contributed by atoms with E-state index in [4.69, 9.17) is 14.2 Å².